The summed E-state index contributed by atoms with van der Waals surface area (Å²) in [5.41, 5.74) is 3.86. The Hall–Kier alpha value is -3.81. The van der Waals surface area contributed by atoms with E-state index in [1.807, 2.05) is 6.07 Å². The Morgan fingerprint density at radius 1 is 1.16 bits per heavy atom. The minimum Gasteiger partial charge on any atom is -0.430 e. The van der Waals surface area contributed by atoms with Crippen LogP contribution in [0.25, 0.3) is 22.2 Å². The van der Waals surface area contributed by atoms with Gasteiger partial charge in [-0.05, 0) is 68.5 Å². The van der Waals surface area contributed by atoms with Gasteiger partial charge in [0.15, 0.2) is 5.78 Å². The van der Waals surface area contributed by atoms with E-state index >= 15 is 0 Å². The third kappa shape index (κ3) is 3.50. The van der Waals surface area contributed by atoms with Crippen LogP contribution in [0.4, 0.5) is 5.69 Å². The summed E-state index contributed by atoms with van der Waals surface area (Å²) in [7, 11) is 0. The van der Waals surface area contributed by atoms with E-state index in [9.17, 15) is 14.4 Å². The average molecular weight is 416 g/mol. The molecule has 1 aliphatic carbocycles. The highest BCUT2D eigenvalue weighted by Crippen LogP contribution is 2.29. The van der Waals surface area contributed by atoms with Gasteiger partial charge in [0.25, 0.3) is 5.56 Å². The fraction of sp³-hybridized carbons (Fsp3) is 0.261. The van der Waals surface area contributed by atoms with Gasteiger partial charge in [-0.2, -0.15) is 0 Å². The standard InChI is InChI=1S/C23H20N4O4/c1-13(28)14-6-8-16(9-7-14)25-19(29)11-27-12-24-20-17-10-15-4-2-3-5-18(15)26-22(17)31-21(20)23(27)30/h6-10,12H,2-5,11H2,1H3,(H,25,29). The number of carbonyl (C=O) groups excluding carboxylic acids is 2. The van der Waals surface area contributed by atoms with Crippen molar-refractivity contribution in [3.8, 4) is 0 Å². The Kier molecular flexibility index (Phi) is 4.62. The molecule has 0 saturated carbocycles. The molecule has 0 fully saturated rings. The van der Waals surface area contributed by atoms with Crippen molar-refractivity contribution in [2.75, 3.05) is 5.32 Å². The number of benzene rings is 1. The van der Waals surface area contributed by atoms with Gasteiger partial charge in [-0.15, -0.1) is 0 Å². The molecule has 3 heterocycles. The predicted molar refractivity (Wildman–Crippen MR) is 115 cm³/mol. The van der Waals surface area contributed by atoms with Crippen molar-refractivity contribution in [2.45, 2.75) is 39.2 Å². The van der Waals surface area contributed by atoms with E-state index in [1.165, 1.54) is 23.4 Å². The zero-order valence-corrected chi connectivity index (χ0v) is 17.0. The summed E-state index contributed by atoms with van der Waals surface area (Å²) < 4.78 is 6.97. The maximum absolute atomic E-state index is 12.9. The molecule has 8 heteroatoms. The maximum Gasteiger partial charge on any atom is 0.297 e. The Bertz CT molecular complexity index is 1400. The molecule has 156 valence electrons. The molecule has 0 bridgehead atoms. The SMILES string of the molecule is CC(=O)c1ccc(NC(=O)Cn2cnc3c(oc4nc5c(cc43)CCCC5)c2=O)cc1. The number of hydrogen-bond donors (Lipinski definition) is 1. The summed E-state index contributed by atoms with van der Waals surface area (Å²) in [6, 6.07) is 8.59. The van der Waals surface area contributed by atoms with Crippen molar-refractivity contribution in [2.24, 2.45) is 0 Å². The van der Waals surface area contributed by atoms with Crippen LogP contribution in [0, 0.1) is 0 Å². The van der Waals surface area contributed by atoms with Crippen LogP contribution in [-0.4, -0.2) is 26.2 Å². The molecule has 3 aromatic heterocycles. The first kappa shape index (κ1) is 19.2. The second-order valence-corrected chi connectivity index (χ2v) is 7.79. The van der Waals surface area contributed by atoms with Crippen LogP contribution in [0.5, 0.6) is 0 Å². The summed E-state index contributed by atoms with van der Waals surface area (Å²) >= 11 is 0. The highest BCUT2D eigenvalue weighted by atomic mass is 16.3. The summed E-state index contributed by atoms with van der Waals surface area (Å²) in [5, 5.41) is 3.45. The molecule has 1 aromatic carbocycles. The van der Waals surface area contributed by atoms with Crippen molar-refractivity contribution in [3.63, 3.8) is 0 Å². The third-order valence-electron chi connectivity index (χ3n) is 5.61. The first-order chi connectivity index (χ1) is 15.0. The number of furan rings is 1. The quantitative estimate of drug-likeness (QED) is 0.512. The van der Waals surface area contributed by atoms with Crippen molar-refractivity contribution < 1.29 is 14.0 Å². The number of anilines is 1. The number of rotatable bonds is 4. The van der Waals surface area contributed by atoms with Crippen molar-refractivity contribution in [1.82, 2.24) is 14.5 Å². The molecule has 4 aromatic rings. The third-order valence-corrected chi connectivity index (χ3v) is 5.61. The lowest BCUT2D eigenvalue weighted by Crippen LogP contribution is -2.27. The molecule has 1 N–H and O–H groups in total. The molecule has 0 spiro atoms. The van der Waals surface area contributed by atoms with Gasteiger partial charge in [-0.25, -0.2) is 9.97 Å². The normalized spacial score (nSPS) is 13.3. The average Bonchev–Trinajstić information content (AvgIpc) is 3.12. The zero-order chi connectivity index (χ0) is 21.5. The van der Waals surface area contributed by atoms with E-state index in [1.54, 1.807) is 24.3 Å². The molecule has 0 unspecified atom stereocenters. The maximum atomic E-state index is 12.9. The van der Waals surface area contributed by atoms with E-state index in [0.717, 1.165) is 36.8 Å². The van der Waals surface area contributed by atoms with Gasteiger partial charge in [-0.1, -0.05) is 0 Å². The van der Waals surface area contributed by atoms with E-state index in [-0.39, 0.29) is 23.8 Å². The van der Waals surface area contributed by atoms with E-state index in [4.69, 9.17) is 4.42 Å². The van der Waals surface area contributed by atoms with Crippen molar-refractivity contribution >= 4 is 39.6 Å². The second kappa shape index (κ2) is 7.46. The van der Waals surface area contributed by atoms with Crippen molar-refractivity contribution in [3.05, 3.63) is 63.8 Å². The lowest BCUT2D eigenvalue weighted by atomic mass is 9.95. The fourth-order valence-corrected chi connectivity index (χ4v) is 3.97. The summed E-state index contributed by atoms with van der Waals surface area (Å²) in [6.07, 6.45) is 5.47. The van der Waals surface area contributed by atoms with E-state index in [2.05, 4.69) is 15.3 Å². The van der Waals surface area contributed by atoms with Crippen LogP contribution in [0.1, 0.15) is 41.4 Å². The number of Topliss-reactive ketones (excluding diaryl/α,β-unsaturated/α-hetero) is 1. The second-order valence-electron chi connectivity index (χ2n) is 7.79. The van der Waals surface area contributed by atoms with Gasteiger partial charge in [-0.3, -0.25) is 19.0 Å². The molecule has 0 atom stereocenters. The zero-order valence-electron chi connectivity index (χ0n) is 17.0. The topological polar surface area (TPSA) is 107 Å². The smallest absolute Gasteiger partial charge is 0.297 e. The lowest BCUT2D eigenvalue weighted by molar-refractivity contribution is -0.116. The number of amides is 1. The molecule has 1 amide bonds. The largest absolute Gasteiger partial charge is 0.430 e. The highest BCUT2D eigenvalue weighted by Gasteiger charge is 2.19. The minimum atomic E-state index is -0.428. The van der Waals surface area contributed by atoms with Crippen LogP contribution < -0.4 is 10.9 Å². The van der Waals surface area contributed by atoms with Crippen molar-refractivity contribution in [1.29, 1.82) is 0 Å². The Labute approximate surface area is 176 Å². The Morgan fingerprint density at radius 3 is 2.71 bits per heavy atom. The molecule has 8 nitrogen and oxygen atoms in total. The number of carbonyl (C=O) groups is 2. The molecule has 31 heavy (non-hydrogen) atoms. The lowest BCUT2D eigenvalue weighted by Gasteiger charge is -2.13. The molecule has 0 saturated heterocycles. The summed E-state index contributed by atoms with van der Waals surface area (Å²) in [5.74, 6) is -0.437. The van der Waals surface area contributed by atoms with Crippen LogP contribution in [0.15, 0.2) is 45.9 Å². The number of hydrogen-bond acceptors (Lipinski definition) is 6. The number of aryl methyl sites for hydroxylation is 2. The number of aromatic nitrogens is 3. The van der Waals surface area contributed by atoms with E-state index < -0.39 is 5.56 Å². The Balaban J connectivity index is 1.42. The molecule has 1 aliphatic rings. The van der Waals surface area contributed by atoms with Crippen LogP contribution in [-0.2, 0) is 24.2 Å². The van der Waals surface area contributed by atoms with Gasteiger partial charge < -0.3 is 9.73 Å². The van der Waals surface area contributed by atoms with Crippen LogP contribution >= 0.6 is 0 Å². The van der Waals surface area contributed by atoms with Gasteiger partial charge in [0.05, 0.1) is 11.7 Å². The number of nitrogens with zero attached hydrogens (tertiary/aromatic N) is 3. The molecular weight excluding hydrogens is 396 g/mol. The minimum absolute atomic E-state index is 0.0509. The number of pyridine rings is 1. The predicted octanol–water partition coefficient (Wildman–Crippen LogP) is 3.26. The van der Waals surface area contributed by atoms with Gasteiger partial charge in [0.2, 0.25) is 17.2 Å². The van der Waals surface area contributed by atoms with Gasteiger partial charge in [0.1, 0.15) is 12.1 Å². The first-order valence-corrected chi connectivity index (χ1v) is 10.2. The van der Waals surface area contributed by atoms with Gasteiger partial charge in [0, 0.05) is 16.9 Å². The fourth-order valence-electron chi connectivity index (χ4n) is 3.97. The number of nitrogens with one attached hydrogen (secondary N) is 1. The van der Waals surface area contributed by atoms with E-state index in [0.29, 0.717) is 22.5 Å². The Morgan fingerprint density at radius 2 is 1.94 bits per heavy atom. The summed E-state index contributed by atoms with van der Waals surface area (Å²) in [6.45, 7) is 1.27. The molecule has 0 aliphatic heterocycles. The first-order valence-electron chi connectivity index (χ1n) is 10.2. The number of ketones is 1. The van der Waals surface area contributed by atoms with Crippen LogP contribution in [0.3, 0.4) is 0 Å². The van der Waals surface area contributed by atoms with Crippen LogP contribution in [0.2, 0.25) is 0 Å². The monoisotopic (exact) mass is 416 g/mol. The molecular formula is C23H20N4O4. The molecule has 0 radical (unpaired) electrons. The highest BCUT2D eigenvalue weighted by molar-refractivity contribution is 6.01. The molecule has 5 rings (SSSR count). The summed E-state index contributed by atoms with van der Waals surface area (Å²) in [4.78, 5) is 45.7. The number of fused-ring (bicyclic) bond motifs is 4. The van der Waals surface area contributed by atoms with Gasteiger partial charge >= 0.3 is 0 Å².